The van der Waals surface area contributed by atoms with Gasteiger partial charge in [0.05, 0.1) is 16.0 Å². The number of aromatic nitrogens is 5. The Kier molecular flexibility index (Phi) is 4.10. The van der Waals surface area contributed by atoms with Crippen molar-refractivity contribution in [2.75, 3.05) is 0 Å². The van der Waals surface area contributed by atoms with Gasteiger partial charge in [0.2, 0.25) is 5.89 Å². The van der Waals surface area contributed by atoms with Gasteiger partial charge in [-0.15, -0.1) is 21.5 Å². The van der Waals surface area contributed by atoms with Crippen LogP contribution in [0.3, 0.4) is 0 Å². The smallest absolute Gasteiger partial charge is 0.261 e. The lowest BCUT2D eigenvalue weighted by atomic mass is 10.2. The van der Waals surface area contributed by atoms with E-state index in [4.69, 9.17) is 4.42 Å². The van der Waals surface area contributed by atoms with E-state index in [2.05, 4.69) is 25.1 Å². The fourth-order valence-corrected chi connectivity index (χ4v) is 3.81. The SMILES string of the molecule is Cc1cc(C)c2c(=O)[nH]c(SCc3nnc(-c4cccs4)o3)nc2n1. The molecule has 4 rings (SSSR count). The number of hydrogen-bond acceptors (Lipinski definition) is 8. The number of nitrogens with one attached hydrogen (secondary N) is 1. The van der Waals surface area contributed by atoms with E-state index in [-0.39, 0.29) is 5.56 Å². The van der Waals surface area contributed by atoms with Crippen molar-refractivity contribution in [3.63, 3.8) is 0 Å². The number of H-pyrrole nitrogens is 1. The molecule has 4 aromatic heterocycles. The van der Waals surface area contributed by atoms with E-state index in [0.717, 1.165) is 16.1 Å². The number of fused-ring (bicyclic) bond motifs is 1. The molecule has 4 heterocycles. The summed E-state index contributed by atoms with van der Waals surface area (Å²) in [6.07, 6.45) is 0. The van der Waals surface area contributed by atoms with Crippen molar-refractivity contribution < 1.29 is 4.42 Å². The number of aryl methyl sites for hydroxylation is 2. The van der Waals surface area contributed by atoms with Crippen LogP contribution in [0, 0.1) is 13.8 Å². The molecule has 9 heteroatoms. The van der Waals surface area contributed by atoms with Crippen molar-refractivity contribution in [3.8, 4) is 10.8 Å². The van der Waals surface area contributed by atoms with Gasteiger partial charge in [-0.2, -0.15) is 0 Å². The predicted molar refractivity (Wildman–Crippen MR) is 96.8 cm³/mol. The van der Waals surface area contributed by atoms with Gasteiger partial charge in [-0.1, -0.05) is 17.8 Å². The third kappa shape index (κ3) is 3.20. The van der Waals surface area contributed by atoms with Crippen molar-refractivity contribution in [2.45, 2.75) is 24.8 Å². The maximum Gasteiger partial charge on any atom is 0.261 e. The maximum absolute atomic E-state index is 12.3. The highest BCUT2D eigenvalue weighted by molar-refractivity contribution is 7.98. The summed E-state index contributed by atoms with van der Waals surface area (Å²) in [4.78, 5) is 24.8. The molecule has 25 heavy (non-hydrogen) atoms. The van der Waals surface area contributed by atoms with Crippen LogP contribution in [0.15, 0.2) is 37.9 Å². The van der Waals surface area contributed by atoms with Crippen LogP contribution in [0.25, 0.3) is 21.8 Å². The highest BCUT2D eigenvalue weighted by Gasteiger charge is 2.12. The Balaban J connectivity index is 1.58. The molecule has 0 aliphatic heterocycles. The summed E-state index contributed by atoms with van der Waals surface area (Å²) in [6.45, 7) is 3.76. The summed E-state index contributed by atoms with van der Waals surface area (Å²) in [7, 11) is 0. The van der Waals surface area contributed by atoms with Crippen LogP contribution in [-0.4, -0.2) is 25.1 Å². The number of thiophene rings is 1. The number of aromatic amines is 1. The summed E-state index contributed by atoms with van der Waals surface area (Å²) >= 11 is 2.86. The summed E-state index contributed by atoms with van der Waals surface area (Å²) < 4.78 is 5.64. The maximum atomic E-state index is 12.3. The first-order valence-corrected chi connectivity index (χ1v) is 9.34. The van der Waals surface area contributed by atoms with E-state index < -0.39 is 0 Å². The summed E-state index contributed by atoms with van der Waals surface area (Å²) in [5, 5.41) is 11.0. The number of hydrogen-bond donors (Lipinski definition) is 1. The van der Waals surface area contributed by atoms with Crippen LogP contribution in [0.4, 0.5) is 0 Å². The fourth-order valence-electron chi connectivity index (χ4n) is 2.47. The zero-order chi connectivity index (χ0) is 17.4. The lowest BCUT2D eigenvalue weighted by Crippen LogP contribution is -2.12. The van der Waals surface area contributed by atoms with Gasteiger partial charge in [-0.3, -0.25) is 4.79 Å². The first kappa shape index (κ1) is 16.0. The quantitative estimate of drug-likeness (QED) is 0.434. The van der Waals surface area contributed by atoms with E-state index in [1.54, 1.807) is 0 Å². The van der Waals surface area contributed by atoms with Gasteiger partial charge in [0, 0.05) is 5.69 Å². The molecule has 0 aliphatic carbocycles. The second kappa shape index (κ2) is 6.41. The van der Waals surface area contributed by atoms with E-state index in [1.165, 1.54) is 23.1 Å². The van der Waals surface area contributed by atoms with Crippen molar-refractivity contribution in [1.82, 2.24) is 25.1 Å². The molecule has 0 amide bonds. The van der Waals surface area contributed by atoms with Gasteiger partial charge in [0.1, 0.15) is 0 Å². The Bertz CT molecular complexity index is 1100. The van der Waals surface area contributed by atoms with Crippen LogP contribution in [0.1, 0.15) is 17.1 Å². The third-order valence-electron chi connectivity index (χ3n) is 3.51. The van der Waals surface area contributed by atoms with E-state index in [9.17, 15) is 4.79 Å². The zero-order valence-electron chi connectivity index (χ0n) is 13.4. The number of pyridine rings is 1. The highest BCUT2D eigenvalue weighted by atomic mass is 32.2. The minimum Gasteiger partial charge on any atom is -0.419 e. The Hall–Kier alpha value is -2.52. The molecule has 0 bridgehead atoms. The van der Waals surface area contributed by atoms with Crippen molar-refractivity contribution in [1.29, 1.82) is 0 Å². The molecule has 126 valence electrons. The minimum absolute atomic E-state index is 0.192. The lowest BCUT2D eigenvalue weighted by Gasteiger charge is -2.04. The Morgan fingerprint density at radius 3 is 2.96 bits per heavy atom. The molecule has 0 spiro atoms. The third-order valence-corrected chi connectivity index (χ3v) is 5.23. The summed E-state index contributed by atoms with van der Waals surface area (Å²) in [6, 6.07) is 5.73. The van der Waals surface area contributed by atoms with Crippen LogP contribution < -0.4 is 5.56 Å². The molecule has 0 radical (unpaired) electrons. The average Bonchev–Trinajstić information content (AvgIpc) is 3.23. The molecule has 0 unspecified atom stereocenters. The van der Waals surface area contributed by atoms with E-state index >= 15 is 0 Å². The second-order valence-corrected chi connectivity index (χ2v) is 7.33. The molecule has 0 fully saturated rings. The van der Waals surface area contributed by atoms with Crippen molar-refractivity contribution >= 4 is 34.1 Å². The van der Waals surface area contributed by atoms with Crippen LogP contribution in [0.5, 0.6) is 0 Å². The van der Waals surface area contributed by atoms with Gasteiger partial charge in [0.25, 0.3) is 11.4 Å². The summed E-state index contributed by atoms with van der Waals surface area (Å²) in [5.74, 6) is 1.39. The van der Waals surface area contributed by atoms with Crippen LogP contribution >= 0.6 is 23.1 Å². The Morgan fingerprint density at radius 2 is 2.16 bits per heavy atom. The first-order valence-electron chi connectivity index (χ1n) is 7.47. The van der Waals surface area contributed by atoms with Gasteiger partial charge in [0.15, 0.2) is 10.8 Å². The highest BCUT2D eigenvalue weighted by Crippen LogP contribution is 2.25. The normalized spacial score (nSPS) is 11.3. The average molecular weight is 371 g/mol. The van der Waals surface area contributed by atoms with Crippen molar-refractivity contribution in [2.24, 2.45) is 0 Å². The van der Waals surface area contributed by atoms with E-state index in [0.29, 0.717) is 33.7 Å². The molecule has 4 aromatic rings. The summed E-state index contributed by atoms with van der Waals surface area (Å²) in [5.41, 5.74) is 1.96. The molecule has 1 N–H and O–H groups in total. The van der Waals surface area contributed by atoms with Crippen molar-refractivity contribution in [3.05, 3.63) is 51.1 Å². The molecule has 0 aromatic carbocycles. The molecule has 0 atom stereocenters. The number of rotatable bonds is 4. The Morgan fingerprint density at radius 1 is 1.28 bits per heavy atom. The Labute approximate surface area is 150 Å². The molecular formula is C16H13N5O2S2. The van der Waals surface area contributed by atoms with Crippen LogP contribution in [-0.2, 0) is 5.75 Å². The topological polar surface area (TPSA) is 97.6 Å². The monoisotopic (exact) mass is 371 g/mol. The number of thioether (sulfide) groups is 1. The zero-order valence-corrected chi connectivity index (χ0v) is 15.1. The lowest BCUT2D eigenvalue weighted by molar-refractivity contribution is 0.529. The van der Waals surface area contributed by atoms with Crippen LogP contribution in [0.2, 0.25) is 0 Å². The first-order chi connectivity index (χ1) is 12.1. The second-order valence-electron chi connectivity index (χ2n) is 5.42. The fraction of sp³-hybridized carbons (Fsp3) is 0.188. The standard InChI is InChI=1S/C16H13N5O2S2/c1-8-6-9(2)17-13-12(8)14(22)19-16(18-13)25-7-11-20-21-15(23-11)10-4-3-5-24-10/h3-6H,7H2,1-2H3,(H,17,18,19,22). The predicted octanol–water partition coefficient (Wildman–Crippen LogP) is 3.34. The molecule has 7 nitrogen and oxygen atoms in total. The van der Waals surface area contributed by atoms with Gasteiger partial charge >= 0.3 is 0 Å². The minimum atomic E-state index is -0.192. The van der Waals surface area contributed by atoms with Gasteiger partial charge in [-0.25, -0.2) is 9.97 Å². The van der Waals surface area contributed by atoms with Gasteiger partial charge in [-0.05, 0) is 36.9 Å². The molecule has 0 saturated heterocycles. The van der Waals surface area contributed by atoms with Gasteiger partial charge < -0.3 is 9.40 Å². The molecular weight excluding hydrogens is 358 g/mol. The molecule has 0 aliphatic rings. The number of nitrogens with zero attached hydrogens (tertiary/aromatic N) is 4. The van der Waals surface area contributed by atoms with E-state index in [1.807, 2.05) is 37.4 Å². The molecule has 0 saturated carbocycles. The largest absolute Gasteiger partial charge is 0.419 e.